The van der Waals surface area contributed by atoms with E-state index in [-0.39, 0.29) is 5.56 Å². The van der Waals surface area contributed by atoms with Gasteiger partial charge >= 0.3 is 12.2 Å². The van der Waals surface area contributed by atoms with Gasteiger partial charge in [0, 0.05) is 0 Å². The second-order valence-corrected chi connectivity index (χ2v) is 3.06. The lowest BCUT2D eigenvalue weighted by atomic mass is 9.97. The fourth-order valence-corrected chi connectivity index (χ4v) is 1.27. The van der Waals surface area contributed by atoms with Crippen LogP contribution in [0.3, 0.4) is 0 Å². The van der Waals surface area contributed by atoms with E-state index in [4.69, 9.17) is 0 Å². The summed E-state index contributed by atoms with van der Waals surface area (Å²) in [6.07, 6.45) is -5.65. The summed E-state index contributed by atoms with van der Waals surface area (Å²) < 4.78 is 74.3. The Balaban J connectivity index is 3.33. The van der Waals surface area contributed by atoms with Crippen LogP contribution in [-0.4, -0.2) is 0 Å². The van der Waals surface area contributed by atoms with Crippen LogP contribution in [0, 0.1) is 0 Å². The standard InChI is InChI=1S/C11H6F6/c12-8(10(14)15)7(9(13)11(16)17)6-4-2-1-3-5-6/h1-5,7H. The third kappa shape index (κ3) is 3.12. The fourth-order valence-electron chi connectivity index (χ4n) is 1.27. The van der Waals surface area contributed by atoms with E-state index in [0.717, 1.165) is 12.1 Å². The molecule has 0 radical (unpaired) electrons. The van der Waals surface area contributed by atoms with E-state index in [0.29, 0.717) is 0 Å². The molecule has 0 aromatic heterocycles. The second-order valence-electron chi connectivity index (χ2n) is 3.06. The van der Waals surface area contributed by atoms with Crippen LogP contribution in [-0.2, 0) is 0 Å². The highest BCUT2D eigenvalue weighted by Crippen LogP contribution is 2.37. The smallest absolute Gasteiger partial charge is 0.205 e. The maximum atomic E-state index is 13.0. The molecule has 0 amide bonds. The van der Waals surface area contributed by atoms with E-state index >= 15 is 0 Å². The van der Waals surface area contributed by atoms with Gasteiger partial charge in [0.2, 0.25) is 0 Å². The highest BCUT2D eigenvalue weighted by atomic mass is 19.3. The maximum Gasteiger partial charge on any atom is 0.302 e. The molecule has 1 aromatic carbocycles. The van der Waals surface area contributed by atoms with Crippen LogP contribution in [0.15, 0.2) is 54.1 Å². The van der Waals surface area contributed by atoms with Crippen LogP contribution in [0.5, 0.6) is 0 Å². The van der Waals surface area contributed by atoms with Gasteiger partial charge in [-0.2, -0.15) is 17.6 Å². The van der Waals surface area contributed by atoms with E-state index in [1.54, 1.807) is 0 Å². The van der Waals surface area contributed by atoms with Crippen molar-refractivity contribution in [3.05, 3.63) is 59.7 Å². The van der Waals surface area contributed by atoms with Crippen molar-refractivity contribution in [2.75, 3.05) is 0 Å². The summed E-state index contributed by atoms with van der Waals surface area (Å²) in [6, 6.07) is 6.22. The van der Waals surface area contributed by atoms with Crippen LogP contribution in [0.2, 0.25) is 0 Å². The molecule has 1 rings (SSSR count). The first kappa shape index (κ1) is 13.3. The number of allylic oxidation sites excluding steroid dienone is 2. The Bertz CT molecular complexity index is 416. The largest absolute Gasteiger partial charge is 0.302 e. The molecule has 0 saturated carbocycles. The number of hydrogen-bond acceptors (Lipinski definition) is 0. The molecule has 0 atom stereocenters. The van der Waals surface area contributed by atoms with Gasteiger partial charge < -0.3 is 0 Å². The average molecular weight is 252 g/mol. The summed E-state index contributed by atoms with van der Waals surface area (Å²) in [5.74, 6) is -6.84. The van der Waals surface area contributed by atoms with Gasteiger partial charge in [-0.25, -0.2) is 8.78 Å². The van der Waals surface area contributed by atoms with Gasteiger partial charge in [0.15, 0.2) is 11.7 Å². The zero-order valence-electron chi connectivity index (χ0n) is 8.23. The topological polar surface area (TPSA) is 0 Å². The SMILES string of the molecule is FC(F)=C(F)C(C(F)=C(F)F)c1ccccc1. The molecule has 0 aliphatic rings. The minimum Gasteiger partial charge on any atom is -0.205 e. The highest BCUT2D eigenvalue weighted by molar-refractivity contribution is 5.34. The van der Waals surface area contributed by atoms with Gasteiger partial charge in [-0.15, -0.1) is 0 Å². The number of benzene rings is 1. The predicted octanol–water partition coefficient (Wildman–Crippen LogP) is 4.93. The Morgan fingerprint density at radius 2 is 1.12 bits per heavy atom. The lowest BCUT2D eigenvalue weighted by Crippen LogP contribution is -2.02. The van der Waals surface area contributed by atoms with E-state index in [1.165, 1.54) is 18.2 Å². The van der Waals surface area contributed by atoms with Crippen molar-refractivity contribution in [2.45, 2.75) is 5.92 Å². The minimum atomic E-state index is -2.82. The molecule has 92 valence electrons. The molecule has 0 heterocycles. The van der Waals surface area contributed by atoms with Gasteiger partial charge in [-0.1, -0.05) is 30.3 Å². The van der Waals surface area contributed by atoms with Crippen molar-refractivity contribution in [1.82, 2.24) is 0 Å². The molecule has 0 N–H and O–H groups in total. The maximum absolute atomic E-state index is 13.0. The van der Waals surface area contributed by atoms with E-state index in [9.17, 15) is 26.3 Å². The number of hydrogen-bond donors (Lipinski definition) is 0. The Labute approximate surface area is 92.9 Å². The molecule has 0 nitrogen and oxygen atoms in total. The predicted molar refractivity (Wildman–Crippen MR) is 49.9 cm³/mol. The summed E-state index contributed by atoms with van der Waals surface area (Å²) in [7, 11) is 0. The fraction of sp³-hybridized carbons (Fsp3) is 0.0909. The van der Waals surface area contributed by atoms with Gasteiger partial charge in [-0.05, 0) is 5.56 Å². The summed E-state index contributed by atoms with van der Waals surface area (Å²) >= 11 is 0. The van der Waals surface area contributed by atoms with Crippen LogP contribution >= 0.6 is 0 Å². The zero-order valence-corrected chi connectivity index (χ0v) is 8.23. The monoisotopic (exact) mass is 252 g/mol. The first-order valence-electron chi connectivity index (χ1n) is 4.41. The summed E-state index contributed by atoms with van der Waals surface area (Å²) in [5, 5.41) is 0. The van der Waals surface area contributed by atoms with Crippen molar-refractivity contribution in [1.29, 1.82) is 0 Å². The minimum absolute atomic E-state index is 0.317. The Morgan fingerprint density at radius 3 is 1.47 bits per heavy atom. The van der Waals surface area contributed by atoms with Gasteiger partial charge in [-0.3, -0.25) is 0 Å². The number of rotatable bonds is 3. The molecule has 0 bridgehead atoms. The molecule has 1 aromatic rings. The van der Waals surface area contributed by atoms with Crippen molar-refractivity contribution >= 4 is 0 Å². The van der Waals surface area contributed by atoms with Gasteiger partial charge in [0.1, 0.15) is 0 Å². The van der Waals surface area contributed by atoms with E-state index in [1.807, 2.05) is 0 Å². The number of halogens is 6. The summed E-state index contributed by atoms with van der Waals surface area (Å²) in [6.45, 7) is 0. The first-order valence-corrected chi connectivity index (χ1v) is 4.41. The summed E-state index contributed by atoms with van der Waals surface area (Å²) in [4.78, 5) is 0. The Hall–Kier alpha value is -1.72. The van der Waals surface area contributed by atoms with Crippen LogP contribution in [0.1, 0.15) is 11.5 Å². The molecule has 0 spiro atoms. The zero-order chi connectivity index (χ0) is 13.0. The van der Waals surface area contributed by atoms with E-state index in [2.05, 4.69) is 0 Å². The third-order valence-corrected chi connectivity index (χ3v) is 2.00. The average Bonchev–Trinajstić information content (AvgIpc) is 2.30. The Kier molecular flexibility index (Phi) is 4.37. The summed E-state index contributed by atoms with van der Waals surface area (Å²) in [5.41, 5.74) is -0.317. The van der Waals surface area contributed by atoms with E-state index < -0.39 is 29.7 Å². The molecule has 0 unspecified atom stereocenters. The molecule has 0 aliphatic carbocycles. The molecule has 0 fully saturated rings. The normalized spacial score (nSPS) is 10.3. The third-order valence-electron chi connectivity index (χ3n) is 2.00. The van der Waals surface area contributed by atoms with Crippen LogP contribution < -0.4 is 0 Å². The van der Waals surface area contributed by atoms with Crippen LogP contribution in [0.4, 0.5) is 26.3 Å². The van der Waals surface area contributed by atoms with Crippen molar-refractivity contribution < 1.29 is 26.3 Å². The van der Waals surface area contributed by atoms with Gasteiger partial charge in [0.25, 0.3) is 0 Å². The molecule has 0 saturated heterocycles. The van der Waals surface area contributed by atoms with Gasteiger partial charge in [0.05, 0.1) is 5.92 Å². The quantitative estimate of drug-likeness (QED) is 0.669. The van der Waals surface area contributed by atoms with Crippen molar-refractivity contribution in [2.24, 2.45) is 0 Å². The molecule has 17 heavy (non-hydrogen) atoms. The molecular weight excluding hydrogens is 246 g/mol. The molecular formula is C11H6F6. The first-order chi connectivity index (χ1) is 7.95. The van der Waals surface area contributed by atoms with Crippen molar-refractivity contribution in [3.8, 4) is 0 Å². The van der Waals surface area contributed by atoms with Crippen molar-refractivity contribution in [3.63, 3.8) is 0 Å². The lowest BCUT2D eigenvalue weighted by Gasteiger charge is -2.12. The lowest BCUT2D eigenvalue weighted by molar-refractivity contribution is 0.333. The molecule has 0 aliphatic heterocycles. The van der Waals surface area contributed by atoms with Crippen LogP contribution in [0.25, 0.3) is 0 Å². The Morgan fingerprint density at radius 1 is 0.706 bits per heavy atom. The highest BCUT2D eigenvalue weighted by Gasteiger charge is 2.29. The second kappa shape index (κ2) is 5.56. The molecule has 6 heteroatoms.